The highest BCUT2D eigenvalue weighted by Crippen LogP contribution is 2.37. The van der Waals surface area contributed by atoms with Crippen molar-refractivity contribution in [3.05, 3.63) is 77.4 Å². The number of benzene rings is 2. The molecule has 0 saturated heterocycles. The van der Waals surface area contributed by atoms with E-state index in [9.17, 15) is 0 Å². The molecule has 9 nitrogen and oxygen atoms in total. The second-order valence-electron chi connectivity index (χ2n) is 11.2. The lowest BCUT2D eigenvalue weighted by Crippen LogP contribution is -2.04. The maximum Gasteiger partial charge on any atom is 0.181 e. The molecule has 0 amide bonds. The third-order valence-electron chi connectivity index (χ3n) is 7.74. The van der Waals surface area contributed by atoms with E-state index < -0.39 is 0 Å². The number of aryl methyl sites for hydroxylation is 3. The largest absolute Gasteiger partial charge is 0.497 e. The molecule has 0 fully saturated rings. The van der Waals surface area contributed by atoms with Crippen LogP contribution in [0.25, 0.3) is 44.3 Å². The van der Waals surface area contributed by atoms with E-state index in [1.54, 1.807) is 7.11 Å². The normalized spacial score (nSPS) is 11.8. The molecule has 6 rings (SSSR count). The summed E-state index contributed by atoms with van der Waals surface area (Å²) in [7, 11) is 3.62. The van der Waals surface area contributed by atoms with Gasteiger partial charge in [-0.15, -0.1) is 5.10 Å². The zero-order chi connectivity index (χ0) is 28.7. The fourth-order valence-electron chi connectivity index (χ4n) is 5.83. The van der Waals surface area contributed by atoms with Crippen molar-refractivity contribution in [3.8, 4) is 28.3 Å². The Morgan fingerprint density at radius 3 is 2.41 bits per heavy atom. The minimum Gasteiger partial charge on any atom is -0.497 e. The first-order chi connectivity index (χ1) is 19.8. The molecule has 0 atom stereocenters. The number of hydrogen-bond acceptors (Lipinski definition) is 7. The molecule has 0 aliphatic rings. The number of pyridine rings is 2. The maximum atomic E-state index is 5.67. The summed E-state index contributed by atoms with van der Waals surface area (Å²) in [4.78, 5) is 9.74. The highest BCUT2D eigenvalue weighted by molar-refractivity contribution is 5.97. The van der Waals surface area contributed by atoms with E-state index in [1.165, 1.54) is 27.6 Å². The van der Waals surface area contributed by atoms with Crippen molar-refractivity contribution < 1.29 is 4.74 Å². The predicted molar refractivity (Wildman–Crippen MR) is 161 cm³/mol. The van der Waals surface area contributed by atoms with Gasteiger partial charge in [-0.25, -0.2) is 5.10 Å². The minimum absolute atomic E-state index is 0.280. The molecule has 1 N–H and O–H groups in total. The molecule has 4 aromatic heterocycles. The van der Waals surface area contributed by atoms with Gasteiger partial charge < -0.3 is 4.74 Å². The van der Waals surface area contributed by atoms with Gasteiger partial charge in [0.05, 0.1) is 29.9 Å². The Balaban J connectivity index is 1.46. The highest BCUT2D eigenvalue weighted by atomic mass is 16.5. The Labute approximate surface area is 239 Å². The molecule has 0 aliphatic carbocycles. The molecule has 0 spiro atoms. The van der Waals surface area contributed by atoms with Gasteiger partial charge >= 0.3 is 0 Å². The summed E-state index contributed by atoms with van der Waals surface area (Å²) in [5.74, 6) is 1.98. The van der Waals surface area contributed by atoms with Crippen LogP contribution in [0.3, 0.4) is 0 Å². The van der Waals surface area contributed by atoms with E-state index >= 15 is 0 Å². The quantitative estimate of drug-likeness (QED) is 0.235. The summed E-state index contributed by atoms with van der Waals surface area (Å²) < 4.78 is 7.51. The molecule has 4 heterocycles. The van der Waals surface area contributed by atoms with Crippen LogP contribution in [0, 0.1) is 0 Å². The van der Waals surface area contributed by atoms with Crippen molar-refractivity contribution in [2.75, 3.05) is 7.11 Å². The van der Waals surface area contributed by atoms with E-state index in [0.29, 0.717) is 11.7 Å². The lowest BCUT2D eigenvalue weighted by atomic mass is 9.88. The summed E-state index contributed by atoms with van der Waals surface area (Å²) >= 11 is 0. The number of H-pyrrole nitrogens is 1. The lowest BCUT2D eigenvalue weighted by Gasteiger charge is -2.18. The number of nitrogens with zero attached hydrogens (tertiary/aromatic N) is 7. The maximum absolute atomic E-state index is 5.67. The molecule has 0 radical (unpaired) electrons. The van der Waals surface area contributed by atoms with Crippen LogP contribution in [0.2, 0.25) is 0 Å². The third-order valence-corrected chi connectivity index (χ3v) is 7.74. The number of aromatic nitrogens is 8. The molecule has 41 heavy (non-hydrogen) atoms. The molecule has 2 aromatic carbocycles. The zero-order valence-electron chi connectivity index (χ0n) is 24.3. The van der Waals surface area contributed by atoms with Gasteiger partial charge in [0, 0.05) is 47.5 Å². The Morgan fingerprint density at radius 2 is 1.73 bits per heavy atom. The Kier molecular flexibility index (Phi) is 6.95. The number of tetrazole rings is 1. The van der Waals surface area contributed by atoms with Crippen molar-refractivity contribution in [1.29, 1.82) is 0 Å². The second kappa shape index (κ2) is 10.7. The van der Waals surface area contributed by atoms with Crippen molar-refractivity contribution in [2.45, 2.75) is 52.4 Å². The van der Waals surface area contributed by atoms with Crippen molar-refractivity contribution in [3.63, 3.8) is 0 Å². The first-order valence-corrected chi connectivity index (χ1v) is 14.0. The fraction of sp³-hybridized carbons (Fsp3) is 0.312. The Morgan fingerprint density at radius 1 is 0.902 bits per heavy atom. The average molecular weight is 547 g/mol. The van der Waals surface area contributed by atoms with Crippen LogP contribution >= 0.6 is 0 Å². The number of hydrogen-bond donors (Lipinski definition) is 1. The molecule has 9 heteroatoms. The highest BCUT2D eigenvalue weighted by Gasteiger charge is 2.19. The predicted octanol–water partition coefficient (Wildman–Crippen LogP) is 6.40. The summed E-state index contributed by atoms with van der Waals surface area (Å²) in [5, 5.41) is 21.3. The SMILES string of the molecule is COc1cc(-c2nnn[nH]2)c2ncc(CCc3cc(-c4cnn(C)c4)c4nccc(C(C)C)c4c3)c(C(C)C)c2c1. The van der Waals surface area contributed by atoms with Crippen LogP contribution in [-0.4, -0.2) is 47.5 Å². The smallest absolute Gasteiger partial charge is 0.181 e. The molecule has 208 valence electrons. The van der Waals surface area contributed by atoms with Gasteiger partial charge in [0.2, 0.25) is 0 Å². The number of rotatable bonds is 8. The molecular weight excluding hydrogens is 512 g/mol. The van der Waals surface area contributed by atoms with Crippen molar-refractivity contribution in [1.82, 2.24) is 40.4 Å². The van der Waals surface area contributed by atoms with E-state index in [-0.39, 0.29) is 5.92 Å². The monoisotopic (exact) mass is 546 g/mol. The summed E-state index contributed by atoms with van der Waals surface area (Å²) in [6.07, 6.45) is 9.63. The van der Waals surface area contributed by atoms with Crippen LogP contribution < -0.4 is 4.74 Å². The van der Waals surface area contributed by atoms with Crippen LogP contribution in [0.15, 0.2) is 55.1 Å². The first-order valence-electron chi connectivity index (χ1n) is 14.0. The standard InChI is InChI=1S/C32H34N8O/c1-18(2)24-9-10-33-30-25(22-16-35-40(5)17-22)11-20(12-26(24)30)7-8-21-15-34-31-27(29(21)19(3)4)13-23(41-6)14-28(31)32-36-38-39-37-32/h9-19H,7-8H2,1-6H3,(H,36,37,38,39). The van der Waals surface area contributed by atoms with Gasteiger partial charge in [0.15, 0.2) is 5.82 Å². The van der Waals surface area contributed by atoms with E-state index in [1.807, 2.05) is 36.4 Å². The second-order valence-corrected chi connectivity index (χ2v) is 11.2. The van der Waals surface area contributed by atoms with Gasteiger partial charge in [-0.3, -0.25) is 14.6 Å². The van der Waals surface area contributed by atoms with E-state index in [4.69, 9.17) is 14.7 Å². The first kappa shape index (κ1) is 26.6. The van der Waals surface area contributed by atoms with Gasteiger partial charge in [0.1, 0.15) is 5.75 Å². The molecule has 0 bridgehead atoms. The molecular formula is C32H34N8O. The Hall–Kier alpha value is -4.66. The van der Waals surface area contributed by atoms with Crippen LogP contribution in [0.1, 0.15) is 61.8 Å². The third kappa shape index (κ3) is 4.92. The van der Waals surface area contributed by atoms with Gasteiger partial charge in [-0.2, -0.15) is 5.10 Å². The van der Waals surface area contributed by atoms with Gasteiger partial charge in [-0.05, 0) is 87.7 Å². The molecule has 6 aromatic rings. The molecule has 0 unspecified atom stereocenters. The van der Waals surface area contributed by atoms with Gasteiger partial charge in [-0.1, -0.05) is 27.7 Å². The molecule has 0 aliphatic heterocycles. The van der Waals surface area contributed by atoms with E-state index in [0.717, 1.165) is 51.7 Å². The summed E-state index contributed by atoms with van der Waals surface area (Å²) in [6.45, 7) is 8.92. The van der Waals surface area contributed by atoms with Crippen LogP contribution in [0.4, 0.5) is 0 Å². The average Bonchev–Trinajstić information content (AvgIpc) is 3.66. The zero-order valence-corrected chi connectivity index (χ0v) is 24.3. The topological polar surface area (TPSA) is 107 Å². The fourth-order valence-corrected chi connectivity index (χ4v) is 5.83. The number of nitrogens with one attached hydrogen (secondary N) is 1. The van der Waals surface area contributed by atoms with E-state index in [2.05, 4.69) is 83.9 Å². The molecule has 0 saturated carbocycles. The van der Waals surface area contributed by atoms with Crippen LogP contribution in [0.5, 0.6) is 5.75 Å². The minimum atomic E-state index is 0.280. The summed E-state index contributed by atoms with van der Waals surface area (Å²) in [6, 6.07) is 10.7. The van der Waals surface area contributed by atoms with Crippen LogP contribution in [-0.2, 0) is 19.9 Å². The number of ether oxygens (including phenoxy) is 1. The number of methoxy groups -OCH3 is 1. The number of fused-ring (bicyclic) bond motifs is 2. The van der Waals surface area contributed by atoms with Crippen molar-refractivity contribution >= 4 is 21.8 Å². The van der Waals surface area contributed by atoms with Crippen molar-refractivity contribution in [2.24, 2.45) is 7.05 Å². The Bertz CT molecular complexity index is 1850. The van der Waals surface area contributed by atoms with Gasteiger partial charge in [0.25, 0.3) is 0 Å². The lowest BCUT2D eigenvalue weighted by molar-refractivity contribution is 0.415. The number of aromatic amines is 1. The summed E-state index contributed by atoms with van der Waals surface area (Å²) in [5.41, 5.74) is 9.94.